The molecule has 134 valence electrons. The number of aromatic nitrogens is 1. The summed E-state index contributed by atoms with van der Waals surface area (Å²) in [6, 6.07) is 13.9. The van der Waals surface area contributed by atoms with Crippen LogP contribution in [0, 0.1) is 13.8 Å². The summed E-state index contributed by atoms with van der Waals surface area (Å²) in [6.45, 7) is 6.23. The number of unbranched alkanes of at least 4 members (excludes halogenated alkanes) is 1. The Morgan fingerprint density at radius 2 is 1.88 bits per heavy atom. The Bertz CT molecular complexity index is 895. The molecule has 0 aliphatic carbocycles. The number of hydrogen-bond acceptors (Lipinski definition) is 3. The van der Waals surface area contributed by atoms with Gasteiger partial charge in [-0.2, -0.15) is 0 Å². The molecule has 0 fully saturated rings. The number of anilines is 1. The fourth-order valence-corrected chi connectivity index (χ4v) is 2.89. The Hall–Kier alpha value is -2.88. The second-order valence-electron chi connectivity index (χ2n) is 6.59. The van der Waals surface area contributed by atoms with Gasteiger partial charge >= 0.3 is 0 Å². The number of carbonyl (C=O) groups is 1. The summed E-state index contributed by atoms with van der Waals surface area (Å²) in [5.41, 5.74) is 5.98. The van der Waals surface area contributed by atoms with E-state index in [9.17, 15) is 4.79 Å². The fourth-order valence-electron chi connectivity index (χ4n) is 2.89. The molecule has 0 spiro atoms. The van der Waals surface area contributed by atoms with Gasteiger partial charge in [0.15, 0.2) is 0 Å². The fraction of sp³-hybridized carbons (Fsp3) is 0.273. The van der Waals surface area contributed by atoms with Gasteiger partial charge in [0, 0.05) is 23.2 Å². The normalized spacial score (nSPS) is 10.7. The summed E-state index contributed by atoms with van der Waals surface area (Å²) in [7, 11) is 0. The van der Waals surface area contributed by atoms with Crippen molar-refractivity contribution in [1.29, 1.82) is 0 Å². The van der Waals surface area contributed by atoms with Crippen LogP contribution in [-0.2, 0) is 4.79 Å². The van der Waals surface area contributed by atoms with Gasteiger partial charge in [0.2, 0.25) is 11.8 Å². The molecule has 1 amide bonds. The minimum absolute atomic E-state index is 0.0489. The number of rotatable bonds is 6. The monoisotopic (exact) mass is 348 g/mol. The molecule has 4 heteroatoms. The third-order valence-electron chi connectivity index (χ3n) is 4.34. The molecule has 0 bridgehead atoms. The van der Waals surface area contributed by atoms with Gasteiger partial charge in [0.05, 0.1) is 0 Å². The first-order valence-electron chi connectivity index (χ1n) is 9.00. The smallest absolute Gasteiger partial charge is 0.226 e. The highest BCUT2D eigenvalue weighted by Gasteiger charge is 2.11. The lowest BCUT2D eigenvalue weighted by Crippen LogP contribution is -2.10. The number of aryl methyl sites for hydroxylation is 2. The molecule has 3 aromatic rings. The lowest BCUT2D eigenvalue weighted by atomic mass is 10.0. The van der Waals surface area contributed by atoms with Crippen LogP contribution < -0.4 is 5.32 Å². The first kappa shape index (κ1) is 17.9. The predicted octanol–water partition coefficient (Wildman–Crippen LogP) is 5.75. The number of oxazole rings is 1. The van der Waals surface area contributed by atoms with Crippen molar-refractivity contribution in [1.82, 2.24) is 4.98 Å². The van der Waals surface area contributed by atoms with E-state index in [2.05, 4.69) is 49.3 Å². The number of nitrogens with zero attached hydrogens (tertiary/aromatic N) is 1. The van der Waals surface area contributed by atoms with Gasteiger partial charge in [-0.25, -0.2) is 4.98 Å². The molecule has 0 saturated heterocycles. The number of hydrogen-bond donors (Lipinski definition) is 1. The maximum atomic E-state index is 11.8. The molecule has 0 radical (unpaired) electrons. The molecule has 3 rings (SSSR count). The zero-order valence-electron chi connectivity index (χ0n) is 15.5. The van der Waals surface area contributed by atoms with Crippen LogP contribution in [0.25, 0.3) is 22.7 Å². The quantitative estimate of drug-likeness (QED) is 0.616. The van der Waals surface area contributed by atoms with Crippen molar-refractivity contribution in [3.8, 4) is 22.7 Å². The zero-order chi connectivity index (χ0) is 18.5. The van der Waals surface area contributed by atoms with E-state index in [1.165, 1.54) is 11.1 Å². The summed E-state index contributed by atoms with van der Waals surface area (Å²) in [5, 5.41) is 2.91. The van der Waals surface area contributed by atoms with Gasteiger partial charge in [-0.05, 0) is 50.1 Å². The minimum atomic E-state index is 0.0489. The molecule has 1 N–H and O–H groups in total. The van der Waals surface area contributed by atoms with Crippen LogP contribution in [0.4, 0.5) is 5.69 Å². The standard InChI is InChI=1S/C22H24N2O2/c1-4-5-6-21(25)23-18-10-8-17(9-11-18)22-24-20(14-26-22)19-12-7-15(2)13-16(19)3/h7-14H,4-6H2,1-3H3,(H,23,25). The van der Waals surface area contributed by atoms with Crippen molar-refractivity contribution in [3.63, 3.8) is 0 Å². The van der Waals surface area contributed by atoms with Crippen LogP contribution in [0.3, 0.4) is 0 Å². The lowest BCUT2D eigenvalue weighted by molar-refractivity contribution is -0.116. The molecule has 0 unspecified atom stereocenters. The van der Waals surface area contributed by atoms with E-state index in [1.54, 1.807) is 6.26 Å². The van der Waals surface area contributed by atoms with Gasteiger partial charge < -0.3 is 9.73 Å². The van der Waals surface area contributed by atoms with Crippen LogP contribution in [0.15, 0.2) is 53.1 Å². The van der Waals surface area contributed by atoms with Crippen molar-refractivity contribution < 1.29 is 9.21 Å². The van der Waals surface area contributed by atoms with Crippen molar-refractivity contribution in [2.75, 3.05) is 5.32 Å². The van der Waals surface area contributed by atoms with E-state index in [1.807, 2.05) is 24.3 Å². The summed E-state index contributed by atoms with van der Waals surface area (Å²) in [4.78, 5) is 16.4. The number of nitrogens with one attached hydrogen (secondary N) is 1. The van der Waals surface area contributed by atoms with E-state index in [4.69, 9.17) is 4.42 Å². The highest BCUT2D eigenvalue weighted by atomic mass is 16.3. The molecule has 26 heavy (non-hydrogen) atoms. The van der Waals surface area contributed by atoms with E-state index < -0.39 is 0 Å². The Balaban J connectivity index is 1.74. The molecule has 1 heterocycles. The van der Waals surface area contributed by atoms with E-state index in [0.717, 1.165) is 35.3 Å². The van der Waals surface area contributed by atoms with Crippen LogP contribution >= 0.6 is 0 Å². The Morgan fingerprint density at radius 1 is 1.12 bits per heavy atom. The highest BCUT2D eigenvalue weighted by molar-refractivity contribution is 5.90. The summed E-state index contributed by atoms with van der Waals surface area (Å²) in [5.74, 6) is 0.622. The lowest BCUT2D eigenvalue weighted by Gasteiger charge is -2.05. The molecule has 0 saturated carbocycles. The van der Waals surface area contributed by atoms with Gasteiger partial charge in [0.25, 0.3) is 0 Å². The van der Waals surface area contributed by atoms with Crippen LogP contribution in [-0.4, -0.2) is 10.9 Å². The number of amides is 1. The zero-order valence-corrected chi connectivity index (χ0v) is 15.5. The molecular weight excluding hydrogens is 324 g/mol. The van der Waals surface area contributed by atoms with Crippen molar-refractivity contribution in [2.24, 2.45) is 0 Å². The van der Waals surface area contributed by atoms with Gasteiger partial charge in [0.1, 0.15) is 12.0 Å². The minimum Gasteiger partial charge on any atom is -0.444 e. The molecule has 1 aromatic heterocycles. The molecule has 2 aromatic carbocycles. The second kappa shape index (κ2) is 8.00. The Kier molecular flexibility index (Phi) is 5.52. The third kappa shape index (κ3) is 4.20. The maximum Gasteiger partial charge on any atom is 0.226 e. The van der Waals surface area contributed by atoms with Crippen molar-refractivity contribution >= 4 is 11.6 Å². The van der Waals surface area contributed by atoms with E-state index in [-0.39, 0.29) is 5.91 Å². The summed E-state index contributed by atoms with van der Waals surface area (Å²) < 4.78 is 5.67. The summed E-state index contributed by atoms with van der Waals surface area (Å²) in [6.07, 6.45) is 4.16. The third-order valence-corrected chi connectivity index (χ3v) is 4.34. The number of carbonyl (C=O) groups excluding carboxylic acids is 1. The first-order chi connectivity index (χ1) is 12.6. The second-order valence-corrected chi connectivity index (χ2v) is 6.59. The van der Waals surface area contributed by atoms with Gasteiger partial charge in [-0.3, -0.25) is 4.79 Å². The van der Waals surface area contributed by atoms with Crippen LogP contribution in [0.1, 0.15) is 37.3 Å². The first-order valence-corrected chi connectivity index (χ1v) is 9.00. The van der Waals surface area contributed by atoms with Crippen molar-refractivity contribution in [3.05, 3.63) is 59.9 Å². The number of benzene rings is 2. The average Bonchev–Trinajstić information content (AvgIpc) is 3.10. The Labute approximate surface area is 154 Å². The van der Waals surface area contributed by atoms with Crippen LogP contribution in [0.2, 0.25) is 0 Å². The molecule has 0 aliphatic rings. The Morgan fingerprint density at radius 3 is 2.58 bits per heavy atom. The van der Waals surface area contributed by atoms with Gasteiger partial charge in [-0.15, -0.1) is 0 Å². The predicted molar refractivity (Wildman–Crippen MR) is 105 cm³/mol. The highest BCUT2D eigenvalue weighted by Crippen LogP contribution is 2.28. The molecule has 0 aliphatic heterocycles. The van der Waals surface area contributed by atoms with Crippen molar-refractivity contribution in [2.45, 2.75) is 40.0 Å². The largest absolute Gasteiger partial charge is 0.444 e. The maximum absolute atomic E-state index is 11.8. The molecule has 0 atom stereocenters. The molecular formula is C22H24N2O2. The topological polar surface area (TPSA) is 55.1 Å². The molecule has 4 nitrogen and oxygen atoms in total. The van der Waals surface area contributed by atoms with E-state index in [0.29, 0.717) is 12.3 Å². The van der Waals surface area contributed by atoms with Gasteiger partial charge in [-0.1, -0.05) is 37.1 Å². The SMILES string of the molecule is CCCCC(=O)Nc1ccc(-c2nc(-c3ccc(C)cc3C)co2)cc1. The average molecular weight is 348 g/mol. The van der Waals surface area contributed by atoms with E-state index >= 15 is 0 Å². The summed E-state index contributed by atoms with van der Waals surface area (Å²) >= 11 is 0. The van der Waals surface area contributed by atoms with Crippen LogP contribution in [0.5, 0.6) is 0 Å².